The summed E-state index contributed by atoms with van der Waals surface area (Å²) in [6.07, 6.45) is 0.607. The number of aromatic nitrogens is 3. The van der Waals surface area contributed by atoms with E-state index in [2.05, 4.69) is 15.5 Å². The van der Waals surface area contributed by atoms with Crippen molar-refractivity contribution in [1.29, 1.82) is 0 Å². The fourth-order valence-electron chi connectivity index (χ4n) is 1.99. The van der Waals surface area contributed by atoms with Gasteiger partial charge < -0.3 is 9.88 Å². The number of Topliss-reactive ketones (excluding diaryl/α,β-unsaturated/α-hetero) is 1. The number of thioether (sulfide) groups is 1. The Morgan fingerprint density at radius 1 is 1.22 bits per heavy atom. The van der Waals surface area contributed by atoms with Crippen molar-refractivity contribution in [1.82, 2.24) is 20.1 Å². The third-order valence-corrected chi connectivity index (χ3v) is 4.37. The van der Waals surface area contributed by atoms with Gasteiger partial charge in [0.15, 0.2) is 10.9 Å². The lowest BCUT2D eigenvalue weighted by Gasteiger charge is -2.04. The molecule has 0 aliphatic rings. The topological polar surface area (TPSA) is 76.9 Å². The zero-order chi connectivity index (χ0) is 16.8. The third-order valence-electron chi connectivity index (χ3n) is 3.35. The number of nitrogens with zero attached hydrogens (tertiary/aromatic N) is 3. The molecule has 0 aliphatic carbocycles. The molecule has 0 radical (unpaired) electrons. The van der Waals surface area contributed by atoms with E-state index >= 15 is 0 Å². The number of carbonyl (C=O) groups excluding carboxylic acids is 2. The number of benzene rings is 1. The predicted molar refractivity (Wildman–Crippen MR) is 89.6 cm³/mol. The number of rotatable bonds is 7. The van der Waals surface area contributed by atoms with Crippen LogP contribution >= 0.6 is 11.8 Å². The number of hydrogen-bond donors (Lipinski definition) is 1. The smallest absolute Gasteiger partial charge is 0.216 e. The van der Waals surface area contributed by atoms with Crippen LogP contribution in [-0.2, 0) is 18.3 Å². The molecule has 1 aromatic carbocycles. The van der Waals surface area contributed by atoms with E-state index in [1.165, 1.54) is 18.7 Å². The maximum Gasteiger partial charge on any atom is 0.216 e. The molecule has 23 heavy (non-hydrogen) atoms. The summed E-state index contributed by atoms with van der Waals surface area (Å²) >= 11 is 1.37. The van der Waals surface area contributed by atoms with Crippen molar-refractivity contribution < 1.29 is 9.59 Å². The zero-order valence-electron chi connectivity index (χ0n) is 13.5. The maximum atomic E-state index is 12.2. The summed E-state index contributed by atoms with van der Waals surface area (Å²) in [5, 5.41) is 11.6. The molecule has 1 N–H and O–H groups in total. The monoisotopic (exact) mass is 332 g/mol. The maximum absolute atomic E-state index is 12.2. The Bertz CT molecular complexity index is 695. The first-order chi connectivity index (χ1) is 11.0. The number of amides is 1. The number of ketones is 1. The van der Waals surface area contributed by atoms with E-state index in [1.54, 1.807) is 0 Å². The molecule has 0 spiro atoms. The van der Waals surface area contributed by atoms with Crippen LogP contribution in [0, 0.1) is 6.92 Å². The Morgan fingerprint density at radius 2 is 1.91 bits per heavy atom. The number of carbonyl (C=O) groups is 2. The quantitative estimate of drug-likeness (QED) is 0.618. The van der Waals surface area contributed by atoms with Gasteiger partial charge in [-0.15, -0.1) is 10.2 Å². The summed E-state index contributed by atoms with van der Waals surface area (Å²) in [5.41, 5.74) is 1.84. The van der Waals surface area contributed by atoms with E-state index in [0.717, 1.165) is 11.4 Å². The second-order valence-electron chi connectivity index (χ2n) is 5.27. The fourth-order valence-corrected chi connectivity index (χ4v) is 2.82. The van der Waals surface area contributed by atoms with Gasteiger partial charge in [-0.3, -0.25) is 9.59 Å². The van der Waals surface area contributed by atoms with Crippen LogP contribution in [0.15, 0.2) is 29.4 Å². The molecule has 0 saturated heterocycles. The summed E-state index contributed by atoms with van der Waals surface area (Å²) < 4.78 is 1.86. The average molecular weight is 332 g/mol. The molecule has 6 nitrogen and oxygen atoms in total. The van der Waals surface area contributed by atoms with E-state index in [4.69, 9.17) is 0 Å². The Morgan fingerprint density at radius 3 is 2.57 bits per heavy atom. The van der Waals surface area contributed by atoms with Crippen LogP contribution in [-0.4, -0.2) is 38.8 Å². The number of nitrogens with one attached hydrogen (secondary N) is 1. The molecule has 2 rings (SSSR count). The summed E-state index contributed by atoms with van der Waals surface area (Å²) in [5.74, 6) is 1.10. The molecule has 1 aromatic heterocycles. The van der Waals surface area contributed by atoms with Gasteiger partial charge >= 0.3 is 0 Å². The summed E-state index contributed by atoms with van der Waals surface area (Å²) in [6, 6.07) is 7.54. The molecule has 7 heteroatoms. The van der Waals surface area contributed by atoms with Gasteiger partial charge in [-0.1, -0.05) is 41.6 Å². The van der Waals surface area contributed by atoms with Gasteiger partial charge in [0, 0.05) is 32.5 Å². The van der Waals surface area contributed by atoms with Crippen molar-refractivity contribution in [2.24, 2.45) is 7.05 Å². The molecular formula is C16H20N4O2S. The molecule has 1 heterocycles. The molecule has 2 aromatic rings. The van der Waals surface area contributed by atoms with Crippen LogP contribution in [0.3, 0.4) is 0 Å². The van der Waals surface area contributed by atoms with Gasteiger partial charge in [-0.05, 0) is 6.92 Å². The minimum atomic E-state index is -0.0644. The van der Waals surface area contributed by atoms with Crippen LogP contribution in [0.2, 0.25) is 0 Å². The van der Waals surface area contributed by atoms with Crippen molar-refractivity contribution in [2.45, 2.75) is 25.4 Å². The van der Waals surface area contributed by atoms with Gasteiger partial charge in [-0.25, -0.2) is 0 Å². The van der Waals surface area contributed by atoms with E-state index < -0.39 is 0 Å². The Balaban J connectivity index is 1.90. The second-order valence-corrected chi connectivity index (χ2v) is 6.21. The Labute approximate surface area is 139 Å². The Hall–Kier alpha value is -2.15. The first kappa shape index (κ1) is 17.2. The molecule has 0 unspecified atom stereocenters. The van der Waals surface area contributed by atoms with Crippen LogP contribution < -0.4 is 5.32 Å². The highest BCUT2D eigenvalue weighted by molar-refractivity contribution is 7.99. The summed E-state index contributed by atoms with van der Waals surface area (Å²) in [4.78, 5) is 23.0. The highest BCUT2D eigenvalue weighted by Crippen LogP contribution is 2.17. The van der Waals surface area contributed by atoms with E-state index in [-0.39, 0.29) is 11.7 Å². The van der Waals surface area contributed by atoms with E-state index in [9.17, 15) is 9.59 Å². The second kappa shape index (κ2) is 7.92. The Kier molecular flexibility index (Phi) is 5.92. The van der Waals surface area contributed by atoms with Crippen LogP contribution in [0.5, 0.6) is 0 Å². The standard InChI is InChI=1S/C16H20N4O2S/c1-11-4-6-13(7-5-11)14(22)10-23-16-19-18-15(20(16)3)8-9-17-12(2)21/h4-7H,8-10H2,1-3H3,(H,17,21). The summed E-state index contributed by atoms with van der Waals surface area (Å²) in [6.45, 7) is 3.99. The normalized spacial score (nSPS) is 10.6. The minimum Gasteiger partial charge on any atom is -0.356 e. The van der Waals surface area contributed by atoms with Crippen molar-refractivity contribution in [3.05, 3.63) is 41.2 Å². The van der Waals surface area contributed by atoms with Gasteiger partial charge in [0.25, 0.3) is 0 Å². The lowest BCUT2D eigenvalue weighted by Crippen LogP contribution is -2.23. The number of hydrogen-bond acceptors (Lipinski definition) is 5. The molecule has 0 aliphatic heterocycles. The highest BCUT2D eigenvalue weighted by Gasteiger charge is 2.12. The van der Waals surface area contributed by atoms with E-state index in [1.807, 2.05) is 42.8 Å². The lowest BCUT2D eigenvalue weighted by atomic mass is 10.1. The van der Waals surface area contributed by atoms with Crippen LogP contribution in [0.1, 0.15) is 28.7 Å². The van der Waals surface area contributed by atoms with Crippen LogP contribution in [0.25, 0.3) is 0 Å². The van der Waals surface area contributed by atoms with Gasteiger partial charge in [0.1, 0.15) is 5.82 Å². The number of aryl methyl sites for hydroxylation is 1. The van der Waals surface area contributed by atoms with Gasteiger partial charge in [0.2, 0.25) is 5.91 Å². The highest BCUT2D eigenvalue weighted by atomic mass is 32.2. The SMILES string of the molecule is CC(=O)NCCc1nnc(SCC(=O)c2ccc(C)cc2)n1C. The first-order valence-corrected chi connectivity index (χ1v) is 8.31. The molecule has 1 amide bonds. The van der Waals surface area contributed by atoms with Crippen molar-refractivity contribution in [3.8, 4) is 0 Å². The molecule has 0 saturated carbocycles. The fraction of sp³-hybridized carbons (Fsp3) is 0.375. The molecule has 122 valence electrons. The lowest BCUT2D eigenvalue weighted by molar-refractivity contribution is -0.118. The molecule has 0 atom stereocenters. The first-order valence-electron chi connectivity index (χ1n) is 7.32. The van der Waals surface area contributed by atoms with Crippen molar-refractivity contribution >= 4 is 23.5 Å². The third kappa shape index (κ3) is 4.92. The van der Waals surface area contributed by atoms with E-state index in [0.29, 0.717) is 29.4 Å². The zero-order valence-corrected chi connectivity index (χ0v) is 14.3. The van der Waals surface area contributed by atoms with Gasteiger partial charge in [0.05, 0.1) is 5.75 Å². The van der Waals surface area contributed by atoms with Crippen molar-refractivity contribution in [2.75, 3.05) is 12.3 Å². The van der Waals surface area contributed by atoms with Crippen molar-refractivity contribution in [3.63, 3.8) is 0 Å². The predicted octanol–water partition coefficient (Wildman–Crippen LogP) is 1.78. The molecular weight excluding hydrogens is 312 g/mol. The average Bonchev–Trinajstić information content (AvgIpc) is 2.86. The largest absolute Gasteiger partial charge is 0.356 e. The molecule has 0 fully saturated rings. The van der Waals surface area contributed by atoms with Gasteiger partial charge in [-0.2, -0.15) is 0 Å². The summed E-state index contributed by atoms with van der Waals surface area (Å²) in [7, 11) is 1.86. The van der Waals surface area contributed by atoms with Crippen LogP contribution in [0.4, 0.5) is 0 Å². The molecule has 0 bridgehead atoms. The minimum absolute atomic E-state index is 0.0644.